The number of carbonyl (C=O) groups excluding carboxylic acids is 1. The van der Waals surface area contributed by atoms with Gasteiger partial charge in [-0.25, -0.2) is 4.98 Å². The lowest BCUT2D eigenvalue weighted by Gasteiger charge is -2.10. The lowest BCUT2D eigenvalue weighted by atomic mass is 10.1. The van der Waals surface area contributed by atoms with E-state index in [1.165, 1.54) is 24.5 Å². The Morgan fingerprint density at radius 1 is 1.04 bits per heavy atom. The zero-order valence-electron chi connectivity index (χ0n) is 14.4. The number of ketones is 1. The van der Waals surface area contributed by atoms with Crippen molar-refractivity contribution in [2.45, 2.75) is 13.8 Å². The van der Waals surface area contributed by atoms with Gasteiger partial charge in [-0.15, -0.1) is 0 Å². The van der Waals surface area contributed by atoms with Gasteiger partial charge in [0.2, 0.25) is 0 Å². The maximum atomic E-state index is 12.6. The molecule has 132 valence electrons. The first kappa shape index (κ1) is 18.7. The Morgan fingerprint density at radius 2 is 1.77 bits per heavy atom. The summed E-state index contributed by atoms with van der Waals surface area (Å²) in [6.07, 6.45) is 4.62. The number of nitrogens with one attached hydrogen (secondary N) is 1. The number of nitro benzene ring substituents is 1. The van der Waals surface area contributed by atoms with E-state index in [2.05, 4.69) is 15.3 Å². The van der Waals surface area contributed by atoms with E-state index in [1.807, 2.05) is 13.8 Å². The van der Waals surface area contributed by atoms with Gasteiger partial charge < -0.3 is 5.32 Å². The first-order valence-electron chi connectivity index (χ1n) is 8.06. The second-order valence-corrected chi connectivity index (χ2v) is 4.90. The van der Waals surface area contributed by atoms with Crippen molar-refractivity contribution >= 4 is 23.0 Å². The molecule has 0 aliphatic carbocycles. The number of carbonyl (C=O) groups is 1. The van der Waals surface area contributed by atoms with Crippen LogP contribution in [0.2, 0.25) is 0 Å². The molecule has 3 rings (SSSR count). The maximum absolute atomic E-state index is 12.6. The van der Waals surface area contributed by atoms with E-state index < -0.39 is 4.92 Å². The third-order valence-electron chi connectivity index (χ3n) is 3.31. The average Bonchev–Trinajstić information content (AvgIpc) is 2.70. The molecule has 26 heavy (non-hydrogen) atoms. The van der Waals surface area contributed by atoms with Gasteiger partial charge in [0.25, 0.3) is 5.69 Å². The van der Waals surface area contributed by atoms with Crippen LogP contribution < -0.4 is 5.32 Å². The van der Waals surface area contributed by atoms with Crippen LogP contribution >= 0.6 is 0 Å². The van der Waals surface area contributed by atoms with E-state index in [1.54, 1.807) is 42.6 Å². The summed E-state index contributed by atoms with van der Waals surface area (Å²) in [7, 11) is 0. The van der Waals surface area contributed by atoms with Crippen molar-refractivity contribution in [3.8, 4) is 0 Å². The highest BCUT2D eigenvalue weighted by atomic mass is 16.6. The molecular formula is C19H18N4O3. The Kier molecular flexibility index (Phi) is 6.50. The largest absolute Gasteiger partial charge is 0.339 e. The molecule has 0 spiro atoms. The number of non-ortho nitro benzene ring substituents is 1. The van der Waals surface area contributed by atoms with Crippen LogP contribution in [-0.4, -0.2) is 20.7 Å². The molecule has 0 aliphatic heterocycles. The summed E-state index contributed by atoms with van der Waals surface area (Å²) in [4.78, 5) is 31.1. The summed E-state index contributed by atoms with van der Waals surface area (Å²) in [6, 6.07) is 12.6. The Morgan fingerprint density at radius 3 is 2.46 bits per heavy atom. The number of anilines is 2. The van der Waals surface area contributed by atoms with Gasteiger partial charge in [-0.05, 0) is 30.3 Å². The van der Waals surface area contributed by atoms with E-state index in [9.17, 15) is 14.9 Å². The van der Waals surface area contributed by atoms with Crippen molar-refractivity contribution < 1.29 is 9.72 Å². The fourth-order valence-electron chi connectivity index (χ4n) is 2.18. The molecule has 0 atom stereocenters. The fourth-order valence-corrected chi connectivity index (χ4v) is 2.18. The second kappa shape index (κ2) is 9.03. The van der Waals surface area contributed by atoms with Crippen LogP contribution in [0.1, 0.15) is 29.8 Å². The number of nitrogens with zero attached hydrogens (tertiary/aromatic N) is 3. The number of aromatic nitrogens is 2. The van der Waals surface area contributed by atoms with Crippen LogP contribution in [-0.2, 0) is 0 Å². The predicted molar refractivity (Wildman–Crippen MR) is 99.6 cm³/mol. The summed E-state index contributed by atoms with van der Waals surface area (Å²) >= 11 is 0. The molecule has 0 radical (unpaired) electrons. The third kappa shape index (κ3) is 4.47. The van der Waals surface area contributed by atoms with Crippen molar-refractivity contribution in [3.63, 3.8) is 0 Å². The van der Waals surface area contributed by atoms with Crippen LogP contribution in [0.15, 0.2) is 67.1 Å². The van der Waals surface area contributed by atoms with E-state index in [-0.39, 0.29) is 11.5 Å². The number of hydrogen-bond donors (Lipinski definition) is 1. The molecule has 0 fully saturated rings. The lowest BCUT2D eigenvalue weighted by Crippen LogP contribution is -2.07. The molecule has 3 aromatic rings. The first-order valence-corrected chi connectivity index (χ1v) is 8.06. The van der Waals surface area contributed by atoms with E-state index in [0.29, 0.717) is 22.6 Å². The summed E-state index contributed by atoms with van der Waals surface area (Å²) in [6.45, 7) is 4.00. The number of pyridine rings is 2. The minimum atomic E-state index is -0.480. The lowest BCUT2D eigenvalue weighted by molar-refractivity contribution is -0.384. The Labute approximate surface area is 150 Å². The highest BCUT2D eigenvalue weighted by Crippen LogP contribution is 2.23. The van der Waals surface area contributed by atoms with Gasteiger partial charge >= 0.3 is 0 Å². The summed E-state index contributed by atoms with van der Waals surface area (Å²) in [5, 5.41) is 13.8. The topological polar surface area (TPSA) is 98.0 Å². The minimum Gasteiger partial charge on any atom is -0.339 e. The van der Waals surface area contributed by atoms with Crippen LogP contribution in [0, 0.1) is 10.1 Å². The van der Waals surface area contributed by atoms with Crippen LogP contribution in [0.3, 0.4) is 0 Å². The molecule has 0 aliphatic rings. The number of nitro groups is 1. The minimum absolute atomic E-state index is 0.0436. The van der Waals surface area contributed by atoms with Crippen molar-refractivity contribution in [2.24, 2.45) is 0 Å². The smallest absolute Gasteiger partial charge is 0.271 e. The molecule has 0 unspecified atom stereocenters. The van der Waals surface area contributed by atoms with E-state index in [4.69, 9.17) is 0 Å². The molecule has 0 amide bonds. The van der Waals surface area contributed by atoms with Gasteiger partial charge in [-0.2, -0.15) is 0 Å². The van der Waals surface area contributed by atoms with Crippen LogP contribution in [0.5, 0.6) is 0 Å². The summed E-state index contributed by atoms with van der Waals surface area (Å²) < 4.78 is 0. The van der Waals surface area contributed by atoms with Crippen molar-refractivity contribution in [1.82, 2.24) is 9.97 Å². The van der Waals surface area contributed by atoms with Crippen molar-refractivity contribution in [2.75, 3.05) is 5.32 Å². The maximum Gasteiger partial charge on any atom is 0.271 e. The predicted octanol–water partition coefficient (Wildman–Crippen LogP) is 4.39. The van der Waals surface area contributed by atoms with Crippen molar-refractivity contribution in [3.05, 3.63) is 88.4 Å². The molecule has 0 saturated carbocycles. The van der Waals surface area contributed by atoms with Gasteiger partial charge in [0.05, 0.1) is 10.5 Å². The molecule has 0 bridgehead atoms. The van der Waals surface area contributed by atoms with Crippen LogP contribution in [0.25, 0.3) is 0 Å². The number of benzene rings is 1. The van der Waals surface area contributed by atoms with Gasteiger partial charge in [0.1, 0.15) is 5.82 Å². The van der Waals surface area contributed by atoms with E-state index >= 15 is 0 Å². The SMILES string of the molecule is CC.O=C(c1ccncc1)c1cccnc1Nc1cccc([N+](=O)[O-])c1. The normalized spacial score (nSPS) is 9.62. The molecule has 7 heteroatoms. The van der Waals surface area contributed by atoms with E-state index in [0.717, 1.165) is 0 Å². The Bertz CT molecular complexity index is 898. The van der Waals surface area contributed by atoms with Gasteiger partial charge in [-0.1, -0.05) is 19.9 Å². The zero-order valence-corrected chi connectivity index (χ0v) is 14.4. The molecule has 0 saturated heterocycles. The fraction of sp³-hybridized carbons (Fsp3) is 0.105. The highest BCUT2D eigenvalue weighted by Gasteiger charge is 2.15. The number of rotatable bonds is 5. The Hall–Kier alpha value is -3.61. The van der Waals surface area contributed by atoms with Gasteiger partial charge in [0.15, 0.2) is 5.78 Å². The third-order valence-corrected chi connectivity index (χ3v) is 3.31. The molecule has 1 aromatic carbocycles. The molecule has 2 aromatic heterocycles. The summed E-state index contributed by atoms with van der Waals surface area (Å²) in [5.41, 5.74) is 1.29. The second-order valence-electron chi connectivity index (χ2n) is 4.90. The average molecular weight is 350 g/mol. The molecule has 7 nitrogen and oxygen atoms in total. The highest BCUT2D eigenvalue weighted by molar-refractivity contribution is 6.12. The van der Waals surface area contributed by atoms with Crippen molar-refractivity contribution in [1.29, 1.82) is 0 Å². The van der Waals surface area contributed by atoms with Gasteiger partial charge in [-0.3, -0.25) is 19.9 Å². The zero-order chi connectivity index (χ0) is 18.9. The van der Waals surface area contributed by atoms with Crippen LogP contribution in [0.4, 0.5) is 17.2 Å². The molecular weight excluding hydrogens is 332 g/mol. The summed E-state index contributed by atoms with van der Waals surface area (Å²) in [5.74, 6) is 0.123. The standard InChI is InChI=1S/C17H12N4O3.C2H6/c22-16(12-6-9-18-10-7-12)15-5-2-8-19-17(15)20-13-3-1-4-14(11-13)21(23)24;1-2/h1-11H,(H,19,20);1-2H3. The Balaban J connectivity index is 0.00000117. The van der Waals surface area contributed by atoms with Gasteiger partial charge in [0, 0.05) is 42.0 Å². The molecule has 2 heterocycles. The number of hydrogen-bond acceptors (Lipinski definition) is 6. The molecule has 1 N–H and O–H groups in total. The first-order chi connectivity index (χ1) is 12.6. The monoisotopic (exact) mass is 350 g/mol. The quantitative estimate of drug-likeness (QED) is 0.416.